The SMILES string of the molecule is Nc1nc(COc2cccc(I)c2)cs1. The van der Waals surface area contributed by atoms with Crippen molar-refractivity contribution in [3.05, 3.63) is 38.9 Å². The highest BCUT2D eigenvalue weighted by Crippen LogP contribution is 2.17. The second-order valence-corrected chi connectivity index (χ2v) is 5.06. The molecule has 0 aliphatic carbocycles. The molecule has 0 fully saturated rings. The maximum absolute atomic E-state index is 5.57. The van der Waals surface area contributed by atoms with Crippen molar-refractivity contribution in [1.29, 1.82) is 0 Å². The monoisotopic (exact) mass is 332 g/mol. The Morgan fingerprint density at radius 3 is 3.00 bits per heavy atom. The first-order valence-corrected chi connectivity index (χ1v) is 6.28. The summed E-state index contributed by atoms with van der Waals surface area (Å²) in [5.41, 5.74) is 6.39. The number of ether oxygens (including phenoxy) is 1. The van der Waals surface area contributed by atoms with Gasteiger partial charge in [-0.25, -0.2) is 4.98 Å². The fourth-order valence-corrected chi connectivity index (χ4v) is 2.17. The highest BCUT2D eigenvalue weighted by Gasteiger charge is 2.00. The number of benzene rings is 1. The molecule has 0 aliphatic rings. The van der Waals surface area contributed by atoms with Gasteiger partial charge in [0.25, 0.3) is 0 Å². The van der Waals surface area contributed by atoms with Gasteiger partial charge in [-0.3, -0.25) is 0 Å². The fraction of sp³-hybridized carbons (Fsp3) is 0.100. The van der Waals surface area contributed by atoms with Crippen molar-refractivity contribution in [3.63, 3.8) is 0 Å². The third kappa shape index (κ3) is 3.07. The number of halogens is 1. The summed E-state index contributed by atoms with van der Waals surface area (Å²) < 4.78 is 6.73. The van der Waals surface area contributed by atoms with Crippen molar-refractivity contribution < 1.29 is 4.74 Å². The van der Waals surface area contributed by atoms with E-state index < -0.39 is 0 Å². The minimum Gasteiger partial charge on any atom is -0.487 e. The van der Waals surface area contributed by atoms with E-state index in [9.17, 15) is 0 Å². The van der Waals surface area contributed by atoms with Gasteiger partial charge in [-0.15, -0.1) is 11.3 Å². The molecule has 2 aromatic rings. The van der Waals surface area contributed by atoms with Gasteiger partial charge in [0.05, 0.1) is 5.69 Å². The number of aromatic nitrogens is 1. The highest BCUT2D eigenvalue weighted by molar-refractivity contribution is 14.1. The van der Waals surface area contributed by atoms with E-state index in [0.717, 1.165) is 15.0 Å². The van der Waals surface area contributed by atoms with E-state index in [1.165, 1.54) is 11.3 Å². The zero-order chi connectivity index (χ0) is 10.7. The van der Waals surface area contributed by atoms with Crippen molar-refractivity contribution in [2.75, 3.05) is 5.73 Å². The van der Waals surface area contributed by atoms with Gasteiger partial charge >= 0.3 is 0 Å². The first kappa shape index (κ1) is 10.7. The van der Waals surface area contributed by atoms with Crippen LogP contribution in [0.15, 0.2) is 29.6 Å². The van der Waals surface area contributed by atoms with Gasteiger partial charge in [0.1, 0.15) is 12.4 Å². The summed E-state index contributed by atoms with van der Waals surface area (Å²) in [6, 6.07) is 7.90. The molecule has 1 heterocycles. The quantitative estimate of drug-likeness (QED) is 0.880. The van der Waals surface area contributed by atoms with Crippen LogP contribution in [0.5, 0.6) is 5.75 Å². The van der Waals surface area contributed by atoms with Crippen LogP contribution in [0.2, 0.25) is 0 Å². The third-order valence-corrected chi connectivity index (χ3v) is 3.15. The highest BCUT2D eigenvalue weighted by atomic mass is 127. The van der Waals surface area contributed by atoms with Crippen LogP contribution in [0, 0.1) is 3.57 Å². The van der Waals surface area contributed by atoms with Crippen LogP contribution in [-0.4, -0.2) is 4.98 Å². The van der Waals surface area contributed by atoms with Crippen molar-refractivity contribution in [3.8, 4) is 5.75 Å². The van der Waals surface area contributed by atoms with Crippen LogP contribution >= 0.6 is 33.9 Å². The van der Waals surface area contributed by atoms with Gasteiger partial charge in [0, 0.05) is 8.95 Å². The molecule has 1 aromatic carbocycles. The smallest absolute Gasteiger partial charge is 0.180 e. The standard InChI is InChI=1S/C10H9IN2OS/c11-7-2-1-3-9(4-7)14-5-8-6-15-10(12)13-8/h1-4,6H,5H2,(H2,12,13). The second kappa shape index (κ2) is 4.80. The molecule has 78 valence electrons. The predicted molar refractivity (Wildman–Crippen MR) is 70.0 cm³/mol. The van der Waals surface area contributed by atoms with Gasteiger partial charge in [0.15, 0.2) is 5.13 Å². The Bertz CT molecular complexity index is 458. The summed E-state index contributed by atoms with van der Waals surface area (Å²) in [4.78, 5) is 4.12. The molecule has 2 N–H and O–H groups in total. The number of hydrogen-bond acceptors (Lipinski definition) is 4. The normalized spacial score (nSPS) is 10.2. The first-order valence-electron chi connectivity index (χ1n) is 4.32. The van der Waals surface area contributed by atoms with Crippen LogP contribution in [-0.2, 0) is 6.61 Å². The topological polar surface area (TPSA) is 48.1 Å². The van der Waals surface area contributed by atoms with Crippen molar-refractivity contribution >= 4 is 39.1 Å². The molecular weight excluding hydrogens is 323 g/mol. The summed E-state index contributed by atoms with van der Waals surface area (Å²) in [5, 5.41) is 2.49. The number of rotatable bonds is 3. The minimum atomic E-state index is 0.466. The molecule has 0 saturated heterocycles. The zero-order valence-electron chi connectivity index (χ0n) is 7.81. The lowest BCUT2D eigenvalue weighted by Gasteiger charge is -2.03. The molecule has 0 radical (unpaired) electrons. The lowest BCUT2D eigenvalue weighted by atomic mass is 10.3. The number of nitrogen functional groups attached to an aromatic ring is 1. The van der Waals surface area contributed by atoms with Crippen LogP contribution in [0.3, 0.4) is 0 Å². The number of thiazole rings is 1. The van der Waals surface area contributed by atoms with Crippen molar-refractivity contribution in [2.45, 2.75) is 6.61 Å². The van der Waals surface area contributed by atoms with Crippen LogP contribution in [0.1, 0.15) is 5.69 Å². The van der Waals surface area contributed by atoms with Gasteiger partial charge in [0.2, 0.25) is 0 Å². The third-order valence-electron chi connectivity index (χ3n) is 1.75. The van der Waals surface area contributed by atoms with Gasteiger partial charge < -0.3 is 10.5 Å². The Balaban J connectivity index is 1.99. The van der Waals surface area contributed by atoms with E-state index in [-0.39, 0.29) is 0 Å². The number of nitrogens with two attached hydrogens (primary N) is 1. The molecular formula is C10H9IN2OS. The van der Waals surface area contributed by atoms with E-state index in [0.29, 0.717) is 11.7 Å². The Hall–Kier alpha value is -0.820. The molecule has 0 bridgehead atoms. The molecule has 0 saturated carbocycles. The molecule has 3 nitrogen and oxygen atoms in total. The summed E-state index contributed by atoms with van der Waals surface area (Å²) >= 11 is 3.68. The molecule has 5 heteroatoms. The van der Waals surface area contributed by atoms with Gasteiger partial charge in [-0.05, 0) is 40.8 Å². The average Bonchev–Trinajstić information content (AvgIpc) is 2.62. The maximum atomic E-state index is 5.57. The summed E-state index contributed by atoms with van der Waals surface area (Å²) in [5.74, 6) is 0.855. The van der Waals surface area contributed by atoms with Crippen LogP contribution < -0.4 is 10.5 Å². The van der Waals surface area contributed by atoms with E-state index in [2.05, 4.69) is 27.6 Å². The lowest BCUT2D eigenvalue weighted by Crippen LogP contribution is -1.96. The zero-order valence-corrected chi connectivity index (χ0v) is 10.8. The summed E-state index contributed by atoms with van der Waals surface area (Å²) in [6.45, 7) is 0.466. The van der Waals surface area contributed by atoms with Crippen LogP contribution in [0.25, 0.3) is 0 Å². The van der Waals surface area contributed by atoms with E-state index in [1.54, 1.807) is 0 Å². The largest absolute Gasteiger partial charge is 0.487 e. The Morgan fingerprint density at radius 2 is 2.33 bits per heavy atom. The molecule has 0 aliphatic heterocycles. The molecule has 0 atom stereocenters. The summed E-state index contributed by atoms with van der Waals surface area (Å²) in [6.07, 6.45) is 0. The number of hydrogen-bond donors (Lipinski definition) is 1. The first-order chi connectivity index (χ1) is 7.24. The van der Waals surface area contributed by atoms with Gasteiger partial charge in [-0.1, -0.05) is 6.07 Å². The van der Waals surface area contributed by atoms with Crippen molar-refractivity contribution in [1.82, 2.24) is 4.98 Å². The Morgan fingerprint density at radius 1 is 1.47 bits per heavy atom. The molecule has 2 rings (SSSR count). The molecule has 1 aromatic heterocycles. The Kier molecular flexibility index (Phi) is 3.42. The fourth-order valence-electron chi connectivity index (χ4n) is 1.10. The number of nitrogens with zero attached hydrogens (tertiary/aromatic N) is 1. The van der Waals surface area contributed by atoms with E-state index in [4.69, 9.17) is 10.5 Å². The van der Waals surface area contributed by atoms with E-state index in [1.807, 2.05) is 29.6 Å². The molecule has 0 unspecified atom stereocenters. The van der Waals surface area contributed by atoms with Gasteiger partial charge in [-0.2, -0.15) is 0 Å². The molecule has 15 heavy (non-hydrogen) atoms. The summed E-state index contributed by atoms with van der Waals surface area (Å²) in [7, 11) is 0. The second-order valence-electron chi connectivity index (χ2n) is 2.92. The Labute approximate surface area is 105 Å². The lowest BCUT2D eigenvalue weighted by molar-refractivity contribution is 0.302. The molecule has 0 amide bonds. The molecule has 0 spiro atoms. The van der Waals surface area contributed by atoms with Crippen molar-refractivity contribution in [2.24, 2.45) is 0 Å². The van der Waals surface area contributed by atoms with Crippen LogP contribution in [0.4, 0.5) is 5.13 Å². The van der Waals surface area contributed by atoms with E-state index >= 15 is 0 Å². The predicted octanol–water partition coefficient (Wildman–Crippen LogP) is 2.91. The number of anilines is 1. The minimum absolute atomic E-state index is 0.466. The average molecular weight is 332 g/mol. The maximum Gasteiger partial charge on any atom is 0.180 e.